The molecule has 3 amide bonds. The molecule has 0 saturated carbocycles. The summed E-state index contributed by atoms with van der Waals surface area (Å²) in [6.07, 6.45) is 0.924. The third-order valence-corrected chi connectivity index (χ3v) is 5.90. The predicted molar refractivity (Wildman–Crippen MR) is 147 cm³/mol. The van der Waals surface area contributed by atoms with Crippen LogP contribution >= 0.6 is 0 Å². The van der Waals surface area contributed by atoms with Crippen LogP contribution in [0.4, 0.5) is 21.9 Å². The highest BCUT2D eigenvalue weighted by molar-refractivity contribution is 6.00. The number of hydrogen-bond donors (Lipinski definition) is 5. The minimum absolute atomic E-state index is 0.0291. The van der Waals surface area contributed by atoms with Crippen molar-refractivity contribution in [1.82, 2.24) is 5.32 Å². The number of Topliss-reactive ketones (excluding diaryl/α,β-unsaturated/α-hetero) is 1. The van der Waals surface area contributed by atoms with Gasteiger partial charge in [-0.25, -0.2) is 4.79 Å². The molecule has 1 aliphatic rings. The van der Waals surface area contributed by atoms with Gasteiger partial charge in [-0.2, -0.15) is 0 Å². The van der Waals surface area contributed by atoms with Gasteiger partial charge in [0.25, 0.3) is 0 Å². The van der Waals surface area contributed by atoms with Gasteiger partial charge < -0.3 is 26.4 Å². The molecule has 1 heterocycles. The van der Waals surface area contributed by atoms with E-state index in [0.717, 1.165) is 28.1 Å². The fraction of sp³-hybridized carbons (Fsp3) is 0.241. The number of rotatable bonds is 6. The molecular weight excluding hydrogens is 484 g/mol. The summed E-state index contributed by atoms with van der Waals surface area (Å²) in [5.41, 5.74) is 5.40. The van der Waals surface area contributed by atoms with E-state index in [2.05, 4.69) is 21.3 Å². The first-order chi connectivity index (χ1) is 18.2. The fourth-order valence-electron chi connectivity index (χ4n) is 3.85. The van der Waals surface area contributed by atoms with Crippen LogP contribution in [0.15, 0.2) is 72.8 Å². The third kappa shape index (κ3) is 8.77. The summed E-state index contributed by atoms with van der Waals surface area (Å²) in [4.78, 5) is 45.1. The Labute approximate surface area is 221 Å². The van der Waals surface area contributed by atoms with Crippen molar-refractivity contribution in [2.45, 2.75) is 45.7 Å². The van der Waals surface area contributed by atoms with Crippen LogP contribution in [-0.4, -0.2) is 34.8 Å². The van der Waals surface area contributed by atoms with Crippen LogP contribution in [0, 0.1) is 6.92 Å². The highest BCUT2D eigenvalue weighted by atomic mass is 16.4. The number of urea groups is 1. The summed E-state index contributed by atoms with van der Waals surface area (Å²) in [5, 5.41) is 20.0. The van der Waals surface area contributed by atoms with Gasteiger partial charge >= 0.3 is 12.0 Å². The van der Waals surface area contributed by atoms with Crippen molar-refractivity contribution in [2.24, 2.45) is 0 Å². The van der Waals surface area contributed by atoms with E-state index in [1.165, 1.54) is 6.92 Å². The van der Waals surface area contributed by atoms with Gasteiger partial charge in [-0.15, -0.1) is 0 Å². The van der Waals surface area contributed by atoms with E-state index >= 15 is 0 Å². The lowest BCUT2D eigenvalue weighted by Gasteiger charge is -2.14. The molecule has 3 aromatic rings. The number of carboxylic acids is 1. The topological polar surface area (TPSA) is 137 Å². The van der Waals surface area contributed by atoms with Crippen molar-refractivity contribution >= 4 is 40.8 Å². The summed E-state index contributed by atoms with van der Waals surface area (Å²) in [6.45, 7) is 3.89. The normalized spacial score (nSPS) is 13.9. The summed E-state index contributed by atoms with van der Waals surface area (Å²) in [5.74, 6) is -1.05. The van der Waals surface area contributed by atoms with Gasteiger partial charge in [-0.1, -0.05) is 48.5 Å². The highest BCUT2D eigenvalue weighted by Crippen LogP contribution is 2.23. The van der Waals surface area contributed by atoms with Crippen LogP contribution in [0.3, 0.4) is 0 Å². The van der Waals surface area contributed by atoms with Gasteiger partial charge in [0, 0.05) is 37.0 Å². The van der Waals surface area contributed by atoms with Gasteiger partial charge in [0.05, 0.1) is 12.5 Å². The fourth-order valence-corrected chi connectivity index (χ4v) is 3.85. The number of hydrogen-bond acceptors (Lipinski definition) is 5. The summed E-state index contributed by atoms with van der Waals surface area (Å²) >= 11 is 0. The standard InChI is InChI=1S/C17H19N3O2.C12H13NO3/c1-12-5-3-4-6-16(12)20-17(22)19-15-9-7-14(8-10-15)11-18-13(2)21;14-11-6-5-8-3-1-2-4-9(8)13-10(11)7-12(15)16/h3-10H,11H2,1-2H3,(H,18,21)(H2,19,20,22);1-4,10,13H,5-7H2,(H,15,16). The molecule has 0 aliphatic carbocycles. The van der Waals surface area contributed by atoms with Gasteiger partial charge in [0.15, 0.2) is 5.78 Å². The minimum atomic E-state index is -0.953. The maximum atomic E-state index is 12.0. The molecule has 0 saturated heterocycles. The van der Waals surface area contributed by atoms with E-state index in [1.807, 2.05) is 67.6 Å². The number of aryl methyl sites for hydroxylation is 2. The Balaban J connectivity index is 0.000000221. The molecular formula is C29H32N4O5. The molecule has 4 rings (SSSR count). The maximum Gasteiger partial charge on any atom is 0.323 e. The maximum absolute atomic E-state index is 12.0. The van der Waals surface area contributed by atoms with E-state index in [1.54, 1.807) is 12.1 Å². The zero-order valence-electron chi connectivity index (χ0n) is 21.4. The smallest absolute Gasteiger partial charge is 0.323 e. The first-order valence-electron chi connectivity index (χ1n) is 12.3. The Hall–Kier alpha value is -4.66. The van der Waals surface area contributed by atoms with Crippen LogP contribution in [0.25, 0.3) is 0 Å². The predicted octanol–water partition coefficient (Wildman–Crippen LogP) is 4.73. The number of amides is 3. The Kier molecular flexibility index (Phi) is 9.99. The van der Waals surface area contributed by atoms with Gasteiger partial charge in [0.2, 0.25) is 5.91 Å². The molecule has 5 N–H and O–H groups in total. The summed E-state index contributed by atoms with van der Waals surface area (Å²) in [6, 6.07) is 21.7. The molecule has 38 heavy (non-hydrogen) atoms. The molecule has 198 valence electrons. The second kappa shape index (κ2) is 13.6. The Morgan fingerprint density at radius 3 is 2.29 bits per heavy atom. The third-order valence-electron chi connectivity index (χ3n) is 5.90. The molecule has 9 heteroatoms. The van der Waals surface area contributed by atoms with E-state index in [4.69, 9.17) is 5.11 Å². The number of anilines is 3. The number of carbonyl (C=O) groups is 4. The van der Waals surface area contributed by atoms with Crippen LogP contribution in [0.5, 0.6) is 0 Å². The van der Waals surface area contributed by atoms with E-state index in [9.17, 15) is 19.2 Å². The average molecular weight is 517 g/mol. The van der Waals surface area contributed by atoms with Crippen molar-refractivity contribution < 1.29 is 24.3 Å². The molecule has 0 fully saturated rings. The SMILES string of the molecule is CC(=O)NCc1ccc(NC(=O)Nc2ccccc2C)cc1.O=C(O)CC1Nc2ccccc2CCC1=O. The quantitative estimate of drug-likeness (QED) is 0.321. The molecule has 3 aromatic carbocycles. The zero-order chi connectivity index (χ0) is 27.5. The first kappa shape index (κ1) is 27.9. The molecule has 9 nitrogen and oxygen atoms in total. The number of carbonyl (C=O) groups excluding carboxylic acids is 3. The second-order valence-corrected chi connectivity index (χ2v) is 8.92. The lowest BCUT2D eigenvalue weighted by Crippen LogP contribution is -2.30. The van der Waals surface area contributed by atoms with E-state index in [-0.39, 0.29) is 24.1 Å². The van der Waals surface area contributed by atoms with Gasteiger partial charge in [-0.3, -0.25) is 14.4 Å². The Morgan fingerprint density at radius 2 is 1.61 bits per heavy atom. The lowest BCUT2D eigenvalue weighted by molar-refractivity contribution is -0.138. The van der Waals surface area contributed by atoms with Gasteiger partial charge in [-0.05, 0) is 54.3 Å². The Bertz CT molecular complexity index is 1290. The number of aliphatic carboxylic acids is 1. The van der Waals surface area contributed by atoms with Crippen molar-refractivity contribution in [1.29, 1.82) is 0 Å². The number of fused-ring (bicyclic) bond motifs is 1. The molecule has 1 aliphatic heterocycles. The van der Waals surface area contributed by atoms with E-state index in [0.29, 0.717) is 25.1 Å². The van der Waals surface area contributed by atoms with Crippen LogP contribution in [0.2, 0.25) is 0 Å². The van der Waals surface area contributed by atoms with Crippen molar-refractivity contribution in [2.75, 3.05) is 16.0 Å². The van der Waals surface area contributed by atoms with Crippen LogP contribution in [-0.2, 0) is 27.3 Å². The lowest BCUT2D eigenvalue weighted by atomic mass is 10.0. The van der Waals surface area contributed by atoms with Crippen LogP contribution < -0.4 is 21.3 Å². The largest absolute Gasteiger partial charge is 0.481 e. The summed E-state index contributed by atoms with van der Waals surface area (Å²) < 4.78 is 0. The molecule has 1 atom stereocenters. The molecule has 0 spiro atoms. The van der Waals surface area contributed by atoms with E-state index < -0.39 is 12.0 Å². The molecule has 0 bridgehead atoms. The number of benzene rings is 3. The average Bonchev–Trinajstić information content (AvgIpc) is 3.03. The van der Waals surface area contributed by atoms with Crippen molar-refractivity contribution in [3.05, 3.63) is 89.5 Å². The number of carboxylic acid groups (broad SMARTS) is 1. The number of nitrogens with one attached hydrogen (secondary N) is 4. The molecule has 1 unspecified atom stereocenters. The number of ketones is 1. The highest BCUT2D eigenvalue weighted by Gasteiger charge is 2.24. The van der Waals surface area contributed by atoms with Crippen LogP contribution in [0.1, 0.15) is 36.5 Å². The zero-order valence-corrected chi connectivity index (χ0v) is 21.4. The molecule has 0 radical (unpaired) electrons. The summed E-state index contributed by atoms with van der Waals surface area (Å²) in [7, 11) is 0. The Morgan fingerprint density at radius 1 is 0.921 bits per heavy atom. The number of para-hydroxylation sites is 2. The van der Waals surface area contributed by atoms with Crippen molar-refractivity contribution in [3.8, 4) is 0 Å². The minimum Gasteiger partial charge on any atom is -0.481 e. The second-order valence-electron chi connectivity index (χ2n) is 8.92. The first-order valence-corrected chi connectivity index (χ1v) is 12.3. The monoisotopic (exact) mass is 516 g/mol. The van der Waals surface area contributed by atoms with Crippen molar-refractivity contribution in [3.63, 3.8) is 0 Å². The van der Waals surface area contributed by atoms with Gasteiger partial charge in [0.1, 0.15) is 0 Å². The molecule has 0 aromatic heterocycles.